The predicted molar refractivity (Wildman–Crippen MR) is 102 cm³/mol. The summed E-state index contributed by atoms with van der Waals surface area (Å²) in [4.78, 5) is 31.2. The summed E-state index contributed by atoms with van der Waals surface area (Å²) in [6.45, 7) is 5.06. The third-order valence-corrected chi connectivity index (χ3v) is 4.75. The number of nitrogens with one attached hydrogen (secondary N) is 1. The van der Waals surface area contributed by atoms with Crippen molar-refractivity contribution in [2.45, 2.75) is 26.7 Å². The van der Waals surface area contributed by atoms with Gasteiger partial charge in [0, 0.05) is 24.8 Å². The van der Waals surface area contributed by atoms with Crippen LogP contribution in [0.15, 0.2) is 36.5 Å². The number of aromatic nitrogens is 1. The van der Waals surface area contributed by atoms with Crippen LogP contribution in [0.5, 0.6) is 0 Å². The number of nitrogens with zero attached hydrogens (tertiary/aromatic N) is 2. The first-order valence-corrected chi connectivity index (χ1v) is 9.10. The molecule has 1 N–H and O–H groups in total. The molecule has 2 amide bonds. The van der Waals surface area contributed by atoms with Crippen LogP contribution < -0.4 is 5.32 Å². The van der Waals surface area contributed by atoms with E-state index in [9.17, 15) is 9.59 Å². The van der Waals surface area contributed by atoms with Gasteiger partial charge in [0.15, 0.2) is 0 Å². The Balaban J connectivity index is 1.67. The SMILES string of the molecule is Cc1cc(C)cc(C(=O)N2CCCC(C(=O)Nc3ccc(Cl)cn3)C2)c1. The Bertz CT molecular complexity index is 800. The number of halogens is 1. The second-order valence-electron chi connectivity index (χ2n) is 6.82. The highest BCUT2D eigenvalue weighted by Crippen LogP contribution is 2.21. The summed E-state index contributed by atoms with van der Waals surface area (Å²) in [6.07, 6.45) is 3.06. The van der Waals surface area contributed by atoms with Crippen LogP contribution in [0.1, 0.15) is 34.3 Å². The molecule has 1 aromatic heterocycles. The minimum Gasteiger partial charge on any atom is -0.338 e. The van der Waals surface area contributed by atoms with E-state index in [0.29, 0.717) is 29.5 Å². The van der Waals surface area contributed by atoms with Gasteiger partial charge in [0.05, 0.1) is 10.9 Å². The van der Waals surface area contributed by atoms with Gasteiger partial charge in [0.1, 0.15) is 5.82 Å². The minimum absolute atomic E-state index is 0.0149. The van der Waals surface area contributed by atoms with Gasteiger partial charge in [-0.1, -0.05) is 28.8 Å². The Morgan fingerprint density at radius 3 is 2.58 bits per heavy atom. The van der Waals surface area contributed by atoms with Crippen molar-refractivity contribution in [3.63, 3.8) is 0 Å². The summed E-state index contributed by atoms with van der Waals surface area (Å²) in [5.74, 6) is 0.102. The first kappa shape index (κ1) is 18.4. The Morgan fingerprint density at radius 1 is 1.19 bits per heavy atom. The highest BCUT2D eigenvalue weighted by Gasteiger charge is 2.29. The molecule has 1 saturated heterocycles. The number of piperidine rings is 1. The van der Waals surface area contributed by atoms with E-state index >= 15 is 0 Å². The van der Waals surface area contributed by atoms with E-state index in [4.69, 9.17) is 11.6 Å². The van der Waals surface area contributed by atoms with E-state index in [1.54, 1.807) is 17.0 Å². The van der Waals surface area contributed by atoms with Gasteiger partial charge in [-0.25, -0.2) is 4.98 Å². The number of anilines is 1. The van der Waals surface area contributed by atoms with E-state index in [0.717, 1.165) is 24.0 Å². The van der Waals surface area contributed by atoms with Gasteiger partial charge in [-0.15, -0.1) is 0 Å². The third-order valence-electron chi connectivity index (χ3n) is 4.53. The van der Waals surface area contributed by atoms with Crippen LogP contribution in [0, 0.1) is 19.8 Å². The van der Waals surface area contributed by atoms with Crippen LogP contribution >= 0.6 is 11.6 Å². The van der Waals surface area contributed by atoms with E-state index in [2.05, 4.69) is 10.3 Å². The minimum atomic E-state index is -0.240. The molecular formula is C20H22ClN3O2. The van der Waals surface area contributed by atoms with E-state index < -0.39 is 0 Å². The lowest BCUT2D eigenvalue weighted by Crippen LogP contribution is -2.43. The van der Waals surface area contributed by atoms with Gasteiger partial charge in [-0.05, 0) is 51.0 Å². The van der Waals surface area contributed by atoms with Gasteiger partial charge in [-0.2, -0.15) is 0 Å². The number of aryl methyl sites for hydroxylation is 2. The van der Waals surface area contributed by atoms with Crippen molar-refractivity contribution in [3.05, 3.63) is 58.2 Å². The molecule has 0 radical (unpaired) electrons. The molecule has 0 saturated carbocycles. The molecule has 26 heavy (non-hydrogen) atoms. The molecule has 136 valence electrons. The standard InChI is InChI=1S/C20H22ClN3O2/c1-13-8-14(2)10-16(9-13)20(26)24-7-3-4-15(12-24)19(25)23-18-6-5-17(21)11-22-18/h5-6,8-11,15H,3-4,7,12H2,1-2H3,(H,22,23,25). The molecule has 5 nitrogen and oxygen atoms in total. The zero-order chi connectivity index (χ0) is 18.7. The van der Waals surface area contributed by atoms with Crippen LogP contribution in [0.2, 0.25) is 5.02 Å². The fourth-order valence-corrected chi connectivity index (χ4v) is 3.45. The molecule has 1 aromatic carbocycles. The first-order valence-electron chi connectivity index (χ1n) is 8.72. The lowest BCUT2D eigenvalue weighted by Gasteiger charge is -2.32. The van der Waals surface area contributed by atoms with Crippen molar-refractivity contribution >= 4 is 29.2 Å². The number of likely N-dealkylation sites (tertiary alicyclic amines) is 1. The Labute approximate surface area is 158 Å². The molecule has 1 atom stereocenters. The van der Waals surface area contributed by atoms with Crippen molar-refractivity contribution in [1.29, 1.82) is 0 Å². The van der Waals surface area contributed by atoms with Gasteiger partial charge in [0.2, 0.25) is 5.91 Å². The molecule has 0 aliphatic carbocycles. The maximum atomic E-state index is 12.8. The fraction of sp³-hybridized carbons (Fsp3) is 0.350. The monoisotopic (exact) mass is 371 g/mol. The number of hydrogen-bond acceptors (Lipinski definition) is 3. The second-order valence-corrected chi connectivity index (χ2v) is 7.25. The van der Waals surface area contributed by atoms with Crippen molar-refractivity contribution in [2.24, 2.45) is 5.92 Å². The fourth-order valence-electron chi connectivity index (χ4n) is 3.33. The van der Waals surface area contributed by atoms with Gasteiger partial charge in [0.25, 0.3) is 5.91 Å². The molecule has 6 heteroatoms. The Kier molecular flexibility index (Phi) is 5.57. The maximum Gasteiger partial charge on any atom is 0.253 e. The average molecular weight is 372 g/mol. The molecule has 0 bridgehead atoms. The molecule has 1 aliphatic rings. The number of carbonyl (C=O) groups is 2. The molecule has 1 fully saturated rings. The van der Waals surface area contributed by atoms with E-state index in [1.165, 1.54) is 6.20 Å². The van der Waals surface area contributed by atoms with Crippen molar-refractivity contribution in [3.8, 4) is 0 Å². The van der Waals surface area contributed by atoms with Gasteiger partial charge >= 0.3 is 0 Å². The van der Waals surface area contributed by atoms with Crippen LogP contribution in [0.25, 0.3) is 0 Å². The number of carbonyl (C=O) groups excluding carboxylic acids is 2. The van der Waals surface area contributed by atoms with Gasteiger partial charge in [-0.3, -0.25) is 9.59 Å². The normalized spacial score (nSPS) is 17.0. The lowest BCUT2D eigenvalue weighted by atomic mass is 9.96. The third kappa shape index (κ3) is 4.41. The second kappa shape index (κ2) is 7.87. The predicted octanol–water partition coefficient (Wildman–Crippen LogP) is 3.84. The largest absolute Gasteiger partial charge is 0.338 e. The molecule has 2 heterocycles. The number of rotatable bonds is 3. The summed E-state index contributed by atoms with van der Waals surface area (Å²) >= 11 is 5.81. The van der Waals surface area contributed by atoms with Crippen LogP contribution in [0.3, 0.4) is 0 Å². The quantitative estimate of drug-likeness (QED) is 0.891. The number of hydrogen-bond donors (Lipinski definition) is 1. The number of amides is 2. The smallest absolute Gasteiger partial charge is 0.253 e. The molecular weight excluding hydrogens is 350 g/mol. The first-order chi connectivity index (χ1) is 12.4. The van der Waals surface area contributed by atoms with E-state index in [1.807, 2.05) is 32.0 Å². The van der Waals surface area contributed by atoms with Gasteiger partial charge < -0.3 is 10.2 Å². The topological polar surface area (TPSA) is 62.3 Å². The summed E-state index contributed by atoms with van der Waals surface area (Å²) < 4.78 is 0. The molecule has 1 unspecified atom stereocenters. The highest BCUT2D eigenvalue weighted by atomic mass is 35.5. The number of benzene rings is 1. The average Bonchev–Trinajstić information content (AvgIpc) is 2.62. The maximum absolute atomic E-state index is 12.8. The highest BCUT2D eigenvalue weighted by molar-refractivity contribution is 6.30. The van der Waals surface area contributed by atoms with E-state index in [-0.39, 0.29) is 17.7 Å². The van der Waals surface area contributed by atoms with Crippen molar-refractivity contribution in [1.82, 2.24) is 9.88 Å². The zero-order valence-electron chi connectivity index (χ0n) is 15.0. The van der Waals surface area contributed by atoms with Crippen LogP contribution in [0.4, 0.5) is 5.82 Å². The van der Waals surface area contributed by atoms with Crippen LogP contribution in [-0.4, -0.2) is 34.8 Å². The lowest BCUT2D eigenvalue weighted by molar-refractivity contribution is -0.121. The summed E-state index contributed by atoms with van der Waals surface area (Å²) in [7, 11) is 0. The van der Waals surface area contributed by atoms with Crippen molar-refractivity contribution < 1.29 is 9.59 Å². The molecule has 0 spiro atoms. The Morgan fingerprint density at radius 2 is 1.92 bits per heavy atom. The molecule has 3 rings (SSSR count). The summed E-state index contributed by atoms with van der Waals surface area (Å²) in [5, 5.41) is 3.33. The summed E-state index contributed by atoms with van der Waals surface area (Å²) in [5.41, 5.74) is 2.81. The zero-order valence-corrected chi connectivity index (χ0v) is 15.7. The summed E-state index contributed by atoms with van der Waals surface area (Å²) in [6, 6.07) is 9.19. The molecule has 2 aromatic rings. The number of pyridine rings is 1. The molecule has 1 aliphatic heterocycles. The Hall–Kier alpha value is -2.40. The van der Waals surface area contributed by atoms with Crippen LogP contribution in [-0.2, 0) is 4.79 Å². The van der Waals surface area contributed by atoms with Crippen molar-refractivity contribution in [2.75, 3.05) is 18.4 Å².